The zero-order chi connectivity index (χ0) is 21.2. The summed E-state index contributed by atoms with van der Waals surface area (Å²) in [7, 11) is -3.66. The van der Waals surface area contributed by atoms with Crippen molar-refractivity contribution < 1.29 is 17.9 Å². The number of nitrogens with one attached hydrogen (secondary N) is 2. The average Bonchev–Trinajstić information content (AvgIpc) is 3.02. The Bertz CT molecular complexity index is 947. The van der Waals surface area contributed by atoms with Crippen molar-refractivity contribution in [3.63, 3.8) is 0 Å². The second kappa shape index (κ2) is 8.73. The summed E-state index contributed by atoms with van der Waals surface area (Å²) in [4.78, 5) is 14.6. The Morgan fingerprint density at radius 3 is 2.45 bits per heavy atom. The van der Waals surface area contributed by atoms with Crippen LogP contribution in [0.3, 0.4) is 0 Å². The Labute approximate surface area is 175 Å². The molecule has 2 heterocycles. The number of amides is 1. The van der Waals surface area contributed by atoms with Crippen LogP contribution in [0.5, 0.6) is 5.75 Å². The number of H-pyrrole nitrogens is 1. The second-order valence-electron chi connectivity index (χ2n) is 7.20. The summed E-state index contributed by atoms with van der Waals surface area (Å²) in [5.74, 6) is 0.450. The fourth-order valence-corrected chi connectivity index (χ4v) is 5.26. The van der Waals surface area contributed by atoms with Gasteiger partial charge in [0.05, 0.1) is 11.4 Å². The van der Waals surface area contributed by atoms with Gasteiger partial charge in [0.15, 0.2) is 6.10 Å². The van der Waals surface area contributed by atoms with E-state index in [0.29, 0.717) is 48.1 Å². The number of piperidine rings is 1. The molecular weight excluding hydrogens is 416 g/mol. The molecule has 1 unspecified atom stereocenters. The van der Waals surface area contributed by atoms with Crippen LogP contribution in [0.15, 0.2) is 29.2 Å². The van der Waals surface area contributed by atoms with E-state index in [2.05, 4.69) is 14.9 Å². The predicted octanol–water partition coefficient (Wildman–Crippen LogP) is 2.42. The number of hydrogen-bond acceptors (Lipinski definition) is 5. The number of aromatic amines is 1. The fourth-order valence-electron chi connectivity index (χ4n) is 3.46. The number of rotatable bonds is 6. The Kier molecular flexibility index (Phi) is 6.50. The molecule has 1 aromatic carbocycles. The molecule has 158 valence electrons. The first-order chi connectivity index (χ1) is 13.7. The lowest BCUT2D eigenvalue weighted by Crippen LogP contribution is -2.49. The lowest BCUT2D eigenvalue weighted by molar-refractivity contribution is -0.139. The number of ether oxygens (including phenoxy) is 1. The number of halogens is 1. The lowest BCUT2D eigenvalue weighted by Gasteiger charge is -2.33. The van der Waals surface area contributed by atoms with E-state index >= 15 is 0 Å². The fraction of sp³-hybridized carbons (Fsp3) is 0.474. The van der Waals surface area contributed by atoms with Crippen LogP contribution in [0, 0.1) is 13.8 Å². The van der Waals surface area contributed by atoms with Crippen molar-refractivity contribution >= 4 is 27.5 Å². The van der Waals surface area contributed by atoms with Gasteiger partial charge in [-0.25, -0.2) is 13.1 Å². The smallest absolute Gasteiger partial charge is 0.263 e. The minimum absolute atomic E-state index is 0.122. The molecule has 1 aliphatic rings. The predicted molar refractivity (Wildman–Crippen MR) is 110 cm³/mol. The van der Waals surface area contributed by atoms with E-state index in [4.69, 9.17) is 16.3 Å². The van der Waals surface area contributed by atoms with Gasteiger partial charge in [-0.2, -0.15) is 5.10 Å². The first kappa shape index (κ1) is 21.6. The molecule has 10 heteroatoms. The summed E-state index contributed by atoms with van der Waals surface area (Å²) in [6.07, 6.45) is 0.434. The molecule has 0 radical (unpaired) electrons. The highest BCUT2D eigenvalue weighted by Gasteiger charge is 2.31. The highest BCUT2D eigenvalue weighted by molar-refractivity contribution is 7.89. The molecule has 1 saturated heterocycles. The Balaban J connectivity index is 1.54. The van der Waals surface area contributed by atoms with Gasteiger partial charge in [0, 0.05) is 24.2 Å². The van der Waals surface area contributed by atoms with Crippen molar-refractivity contribution in [1.29, 1.82) is 0 Å². The summed E-state index contributed by atoms with van der Waals surface area (Å²) in [5, 5.41) is 7.24. The van der Waals surface area contributed by atoms with Gasteiger partial charge in [-0.1, -0.05) is 11.6 Å². The third-order valence-electron chi connectivity index (χ3n) is 4.93. The third-order valence-corrected chi connectivity index (χ3v) is 6.97. The molecule has 1 amide bonds. The van der Waals surface area contributed by atoms with Crippen molar-refractivity contribution in [2.45, 2.75) is 50.7 Å². The summed E-state index contributed by atoms with van der Waals surface area (Å²) >= 11 is 5.86. The van der Waals surface area contributed by atoms with Crippen LogP contribution in [0.1, 0.15) is 31.2 Å². The SMILES string of the molecule is Cc1n[nH]c(C)c1S(=O)(=O)NC1CCN(C(=O)C(C)Oc2ccc(Cl)cc2)CC1. The molecule has 0 spiro atoms. The van der Waals surface area contributed by atoms with Crippen molar-refractivity contribution in [2.75, 3.05) is 13.1 Å². The molecule has 1 atom stereocenters. The number of carbonyl (C=O) groups excluding carboxylic acids is 1. The Morgan fingerprint density at radius 2 is 1.90 bits per heavy atom. The summed E-state index contributed by atoms with van der Waals surface area (Å²) in [6.45, 7) is 5.96. The van der Waals surface area contributed by atoms with Crippen LogP contribution in [0.4, 0.5) is 0 Å². The largest absolute Gasteiger partial charge is 0.481 e. The number of sulfonamides is 1. The minimum atomic E-state index is -3.66. The highest BCUT2D eigenvalue weighted by Crippen LogP contribution is 2.21. The van der Waals surface area contributed by atoms with E-state index < -0.39 is 16.1 Å². The van der Waals surface area contributed by atoms with Gasteiger partial charge in [-0.05, 0) is 57.9 Å². The number of aromatic nitrogens is 2. The Hall–Kier alpha value is -2.10. The molecule has 1 aromatic heterocycles. The third kappa shape index (κ3) is 5.09. The summed E-state index contributed by atoms with van der Waals surface area (Å²) < 4.78 is 33.8. The lowest BCUT2D eigenvalue weighted by atomic mass is 10.1. The summed E-state index contributed by atoms with van der Waals surface area (Å²) in [5.41, 5.74) is 0.951. The molecule has 0 aliphatic carbocycles. The number of carbonyl (C=O) groups is 1. The van der Waals surface area contributed by atoms with Gasteiger partial charge in [0.25, 0.3) is 5.91 Å². The number of aryl methyl sites for hydroxylation is 2. The quantitative estimate of drug-likeness (QED) is 0.717. The maximum atomic E-state index is 12.7. The van der Waals surface area contributed by atoms with Gasteiger partial charge in [-0.3, -0.25) is 9.89 Å². The highest BCUT2D eigenvalue weighted by atomic mass is 35.5. The van der Waals surface area contributed by atoms with Crippen LogP contribution in [0.2, 0.25) is 5.02 Å². The molecular formula is C19H25ClN4O4S. The zero-order valence-electron chi connectivity index (χ0n) is 16.6. The van der Waals surface area contributed by atoms with Gasteiger partial charge in [0.2, 0.25) is 10.0 Å². The van der Waals surface area contributed by atoms with Crippen molar-refractivity contribution in [3.05, 3.63) is 40.7 Å². The zero-order valence-corrected chi connectivity index (χ0v) is 18.2. The molecule has 2 N–H and O–H groups in total. The molecule has 29 heavy (non-hydrogen) atoms. The van der Waals surface area contributed by atoms with E-state index in [9.17, 15) is 13.2 Å². The van der Waals surface area contributed by atoms with Crippen LogP contribution in [0.25, 0.3) is 0 Å². The van der Waals surface area contributed by atoms with Gasteiger partial charge in [-0.15, -0.1) is 0 Å². The molecule has 8 nitrogen and oxygen atoms in total. The second-order valence-corrected chi connectivity index (χ2v) is 9.29. The van der Waals surface area contributed by atoms with Crippen LogP contribution < -0.4 is 9.46 Å². The standard InChI is InChI=1S/C19H25ClN4O4S/c1-12-18(13(2)22-21-12)29(26,27)23-16-8-10-24(11-9-16)19(25)14(3)28-17-6-4-15(20)5-7-17/h4-7,14,16,23H,8-11H2,1-3H3,(H,21,22). The molecule has 1 fully saturated rings. The van der Waals surface area contributed by atoms with Crippen LogP contribution in [-0.4, -0.2) is 54.7 Å². The number of benzene rings is 1. The van der Waals surface area contributed by atoms with Crippen LogP contribution >= 0.6 is 11.6 Å². The Morgan fingerprint density at radius 1 is 1.28 bits per heavy atom. The van der Waals surface area contributed by atoms with Crippen molar-refractivity contribution in [3.8, 4) is 5.75 Å². The molecule has 0 bridgehead atoms. The van der Waals surface area contributed by atoms with E-state index in [1.165, 1.54) is 0 Å². The first-order valence-electron chi connectivity index (χ1n) is 9.42. The van der Waals surface area contributed by atoms with Crippen LogP contribution in [-0.2, 0) is 14.8 Å². The molecule has 2 aromatic rings. The van der Waals surface area contributed by atoms with Gasteiger partial charge >= 0.3 is 0 Å². The molecule has 0 saturated carbocycles. The molecule has 1 aliphatic heterocycles. The number of likely N-dealkylation sites (tertiary alicyclic amines) is 1. The van der Waals surface area contributed by atoms with Gasteiger partial charge in [0.1, 0.15) is 10.6 Å². The normalized spacial score (nSPS) is 16.6. The van der Waals surface area contributed by atoms with E-state index in [1.807, 2.05) is 0 Å². The topological polar surface area (TPSA) is 104 Å². The maximum Gasteiger partial charge on any atom is 0.263 e. The average molecular weight is 441 g/mol. The minimum Gasteiger partial charge on any atom is -0.481 e. The van der Waals surface area contributed by atoms with E-state index in [1.54, 1.807) is 49.9 Å². The number of hydrogen-bond donors (Lipinski definition) is 2. The first-order valence-corrected chi connectivity index (χ1v) is 11.3. The number of nitrogens with zero attached hydrogens (tertiary/aromatic N) is 2. The molecule has 3 rings (SSSR count). The maximum absolute atomic E-state index is 12.7. The van der Waals surface area contributed by atoms with Gasteiger partial charge < -0.3 is 9.64 Å². The van der Waals surface area contributed by atoms with E-state index in [-0.39, 0.29) is 16.8 Å². The van der Waals surface area contributed by atoms with Crippen molar-refractivity contribution in [2.24, 2.45) is 0 Å². The van der Waals surface area contributed by atoms with E-state index in [0.717, 1.165) is 0 Å². The summed E-state index contributed by atoms with van der Waals surface area (Å²) in [6, 6.07) is 6.61. The monoisotopic (exact) mass is 440 g/mol. The van der Waals surface area contributed by atoms with Crippen molar-refractivity contribution in [1.82, 2.24) is 19.8 Å².